The average Bonchev–Trinajstić information content (AvgIpc) is 2.42. The van der Waals surface area contributed by atoms with Gasteiger partial charge in [0, 0.05) is 12.1 Å². The monoisotopic (exact) mass is 283 g/mol. The summed E-state index contributed by atoms with van der Waals surface area (Å²) < 4.78 is 26.6. The Morgan fingerprint density at radius 2 is 2.05 bits per heavy atom. The Labute approximate surface area is 115 Å². The van der Waals surface area contributed by atoms with Crippen LogP contribution in [0, 0.1) is 11.6 Å². The largest absolute Gasteiger partial charge is 0.480 e. The van der Waals surface area contributed by atoms with Crippen LogP contribution in [0.25, 0.3) is 0 Å². The lowest BCUT2D eigenvalue weighted by Gasteiger charge is -2.33. The van der Waals surface area contributed by atoms with E-state index < -0.39 is 29.6 Å². The van der Waals surface area contributed by atoms with E-state index in [2.05, 4.69) is 0 Å². The van der Waals surface area contributed by atoms with E-state index in [4.69, 9.17) is 5.11 Å². The molecule has 1 fully saturated rings. The van der Waals surface area contributed by atoms with Crippen molar-refractivity contribution in [3.8, 4) is 0 Å². The third-order valence-electron chi connectivity index (χ3n) is 3.46. The smallest absolute Gasteiger partial charge is 0.326 e. The Morgan fingerprint density at radius 1 is 1.30 bits per heavy atom. The maximum atomic E-state index is 13.5. The van der Waals surface area contributed by atoms with Crippen molar-refractivity contribution in [3.63, 3.8) is 0 Å². The van der Waals surface area contributed by atoms with Crippen molar-refractivity contribution < 1.29 is 23.5 Å². The Bertz CT molecular complexity index is 533. The number of hydrogen-bond acceptors (Lipinski definition) is 2. The Morgan fingerprint density at radius 3 is 2.75 bits per heavy atom. The van der Waals surface area contributed by atoms with Gasteiger partial charge in [0.05, 0.1) is 6.42 Å². The minimum absolute atomic E-state index is 0.0512. The molecule has 1 aromatic rings. The Kier molecular flexibility index (Phi) is 4.32. The van der Waals surface area contributed by atoms with E-state index >= 15 is 0 Å². The molecule has 1 amide bonds. The van der Waals surface area contributed by atoms with Crippen LogP contribution in [-0.2, 0) is 16.0 Å². The molecule has 4 nitrogen and oxygen atoms in total. The van der Waals surface area contributed by atoms with Crippen LogP contribution in [0.1, 0.15) is 24.8 Å². The summed E-state index contributed by atoms with van der Waals surface area (Å²) in [7, 11) is 0. The summed E-state index contributed by atoms with van der Waals surface area (Å²) in [5.74, 6) is -2.83. The topological polar surface area (TPSA) is 57.6 Å². The number of halogens is 2. The summed E-state index contributed by atoms with van der Waals surface area (Å²) in [6.07, 6.45) is 1.54. The maximum Gasteiger partial charge on any atom is 0.326 e. The molecule has 6 heteroatoms. The van der Waals surface area contributed by atoms with Crippen molar-refractivity contribution >= 4 is 11.9 Å². The van der Waals surface area contributed by atoms with E-state index in [0.717, 1.165) is 31.0 Å². The van der Waals surface area contributed by atoms with Crippen molar-refractivity contribution in [3.05, 3.63) is 35.4 Å². The Balaban J connectivity index is 2.14. The fourth-order valence-electron chi connectivity index (χ4n) is 2.43. The van der Waals surface area contributed by atoms with Gasteiger partial charge in [0.15, 0.2) is 0 Å². The van der Waals surface area contributed by atoms with Crippen LogP contribution in [0.4, 0.5) is 8.78 Å². The summed E-state index contributed by atoms with van der Waals surface area (Å²) in [6, 6.07) is 2.04. The normalized spacial score (nSPS) is 18.9. The van der Waals surface area contributed by atoms with Gasteiger partial charge in [-0.25, -0.2) is 13.6 Å². The van der Waals surface area contributed by atoms with Crippen LogP contribution in [0.2, 0.25) is 0 Å². The van der Waals surface area contributed by atoms with E-state index in [1.807, 2.05) is 0 Å². The second-order valence-electron chi connectivity index (χ2n) is 4.85. The zero-order valence-corrected chi connectivity index (χ0v) is 10.8. The molecule has 108 valence electrons. The SMILES string of the molecule is O=C(O)[C@@H]1CCCCN1C(=O)Cc1cc(F)ccc1F. The van der Waals surface area contributed by atoms with Crippen LogP contribution in [0.15, 0.2) is 18.2 Å². The molecule has 1 N–H and O–H groups in total. The third kappa shape index (κ3) is 3.12. The molecule has 0 saturated carbocycles. The summed E-state index contributed by atoms with van der Waals surface area (Å²) in [5.41, 5.74) is -0.0512. The van der Waals surface area contributed by atoms with Gasteiger partial charge >= 0.3 is 5.97 Å². The predicted molar refractivity (Wildman–Crippen MR) is 67.0 cm³/mol. The molecule has 1 aliphatic heterocycles. The zero-order valence-electron chi connectivity index (χ0n) is 10.8. The number of carboxylic acids is 1. The molecule has 0 unspecified atom stereocenters. The van der Waals surface area contributed by atoms with Gasteiger partial charge in [0.1, 0.15) is 17.7 Å². The van der Waals surface area contributed by atoms with Crippen molar-refractivity contribution in [2.45, 2.75) is 31.7 Å². The van der Waals surface area contributed by atoms with Crippen molar-refractivity contribution in [1.29, 1.82) is 0 Å². The van der Waals surface area contributed by atoms with E-state index in [9.17, 15) is 18.4 Å². The van der Waals surface area contributed by atoms with Gasteiger partial charge in [0.2, 0.25) is 5.91 Å². The third-order valence-corrected chi connectivity index (χ3v) is 3.46. The fraction of sp³-hybridized carbons (Fsp3) is 0.429. The highest BCUT2D eigenvalue weighted by Crippen LogP contribution is 2.19. The van der Waals surface area contributed by atoms with Crippen molar-refractivity contribution in [1.82, 2.24) is 4.90 Å². The number of hydrogen-bond donors (Lipinski definition) is 1. The average molecular weight is 283 g/mol. The molecule has 2 rings (SSSR count). The molecule has 0 aliphatic carbocycles. The summed E-state index contributed by atoms with van der Waals surface area (Å²) >= 11 is 0. The number of nitrogens with zero attached hydrogens (tertiary/aromatic N) is 1. The number of amides is 1. The van der Waals surface area contributed by atoms with Crippen LogP contribution >= 0.6 is 0 Å². The summed E-state index contributed by atoms with van der Waals surface area (Å²) in [4.78, 5) is 24.5. The molecule has 1 aliphatic rings. The van der Waals surface area contributed by atoms with Gasteiger partial charge < -0.3 is 10.0 Å². The highest BCUT2D eigenvalue weighted by Gasteiger charge is 2.32. The summed E-state index contributed by atoms with van der Waals surface area (Å²) in [6.45, 7) is 0.340. The highest BCUT2D eigenvalue weighted by molar-refractivity contribution is 5.85. The molecule has 1 saturated heterocycles. The molecular weight excluding hydrogens is 268 g/mol. The first-order chi connectivity index (χ1) is 9.49. The Hall–Kier alpha value is -1.98. The lowest BCUT2D eigenvalue weighted by Crippen LogP contribution is -2.48. The molecule has 20 heavy (non-hydrogen) atoms. The molecule has 0 spiro atoms. The minimum atomic E-state index is -1.06. The zero-order chi connectivity index (χ0) is 14.7. The van der Waals surface area contributed by atoms with Crippen molar-refractivity contribution in [2.75, 3.05) is 6.54 Å². The van der Waals surface area contributed by atoms with Gasteiger partial charge in [-0.1, -0.05) is 0 Å². The lowest BCUT2D eigenvalue weighted by molar-refractivity contribution is -0.151. The molecular formula is C14H15F2NO3. The van der Waals surface area contributed by atoms with E-state index in [1.54, 1.807) is 0 Å². The van der Waals surface area contributed by atoms with E-state index in [1.165, 1.54) is 4.90 Å². The second kappa shape index (κ2) is 5.98. The van der Waals surface area contributed by atoms with Gasteiger partial charge in [-0.05, 0) is 37.5 Å². The standard InChI is InChI=1S/C14H15F2NO3/c15-10-4-5-11(16)9(7-10)8-13(18)17-6-2-1-3-12(17)14(19)20/h4-5,7,12H,1-3,6,8H2,(H,19,20)/t12-/m0/s1. The second-order valence-corrected chi connectivity index (χ2v) is 4.85. The molecule has 1 aromatic carbocycles. The highest BCUT2D eigenvalue weighted by atomic mass is 19.1. The fourth-order valence-corrected chi connectivity index (χ4v) is 2.43. The maximum absolute atomic E-state index is 13.5. The lowest BCUT2D eigenvalue weighted by atomic mass is 10.0. The first-order valence-electron chi connectivity index (χ1n) is 6.45. The molecule has 1 atom stereocenters. The van der Waals surface area contributed by atoms with Gasteiger partial charge in [0.25, 0.3) is 0 Å². The number of benzene rings is 1. The quantitative estimate of drug-likeness (QED) is 0.922. The number of likely N-dealkylation sites (tertiary alicyclic amines) is 1. The first kappa shape index (κ1) is 14.4. The van der Waals surface area contributed by atoms with Gasteiger partial charge in [-0.15, -0.1) is 0 Å². The molecule has 0 radical (unpaired) electrons. The van der Waals surface area contributed by atoms with E-state index in [-0.39, 0.29) is 12.0 Å². The van der Waals surface area contributed by atoms with Crippen LogP contribution < -0.4 is 0 Å². The number of piperidine rings is 1. The predicted octanol–water partition coefficient (Wildman–Crippen LogP) is 1.97. The number of carbonyl (C=O) groups excluding carboxylic acids is 1. The van der Waals surface area contributed by atoms with Crippen molar-refractivity contribution in [2.24, 2.45) is 0 Å². The van der Waals surface area contributed by atoms with E-state index in [0.29, 0.717) is 13.0 Å². The molecule has 0 aromatic heterocycles. The number of carbonyl (C=O) groups is 2. The number of carboxylic acid groups (broad SMARTS) is 1. The minimum Gasteiger partial charge on any atom is -0.480 e. The number of rotatable bonds is 3. The number of aliphatic carboxylic acids is 1. The van der Waals surface area contributed by atoms with Crippen LogP contribution in [0.5, 0.6) is 0 Å². The molecule has 0 bridgehead atoms. The molecule has 1 heterocycles. The van der Waals surface area contributed by atoms with Gasteiger partial charge in [-0.2, -0.15) is 0 Å². The summed E-state index contributed by atoms with van der Waals surface area (Å²) in [5, 5.41) is 9.09. The van der Waals surface area contributed by atoms with Crippen LogP contribution in [0.3, 0.4) is 0 Å². The first-order valence-corrected chi connectivity index (χ1v) is 6.45. The van der Waals surface area contributed by atoms with Gasteiger partial charge in [-0.3, -0.25) is 4.79 Å². The van der Waals surface area contributed by atoms with Crippen LogP contribution in [-0.4, -0.2) is 34.5 Å².